The number of carbonyl (C=O) groups excluding carboxylic acids is 2. The Morgan fingerprint density at radius 3 is 2.57 bits per heavy atom. The third kappa shape index (κ3) is 6.51. The molecule has 2 aliphatic carbocycles. The summed E-state index contributed by atoms with van der Waals surface area (Å²) in [6.07, 6.45) is 6.68. The Bertz CT molecular complexity index is 1600. The van der Waals surface area contributed by atoms with Crippen LogP contribution >= 0.6 is 23.1 Å². The van der Waals surface area contributed by atoms with Gasteiger partial charge in [0.1, 0.15) is 6.04 Å². The van der Waals surface area contributed by atoms with Crippen LogP contribution in [-0.2, 0) is 28.9 Å². The van der Waals surface area contributed by atoms with Crippen LogP contribution in [0.15, 0.2) is 29.1 Å². The maximum Gasteiger partial charge on any atom is 0.248 e. The lowest BCUT2D eigenvalue weighted by Gasteiger charge is -2.19. The summed E-state index contributed by atoms with van der Waals surface area (Å²) in [5.74, 6) is 1.73. The smallest absolute Gasteiger partial charge is 0.248 e. The van der Waals surface area contributed by atoms with Crippen molar-refractivity contribution in [1.82, 2.24) is 10.3 Å². The van der Waals surface area contributed by atoms with Gasteiger partial charge in [-0.1, -0.05) is 6.07 Å². The molecule has 0 fully saturated rings. The van der Waals surface area contributed by atoms with Gasteiger partial charge in [-0.3, -0.25) is 14.4 Å². The molecule has 2 amide bonds. The number of nitrogens with zero attached hydrogens (tertiary/aromatic N) is 1. The van der Waals surface area contributed by atoms with Crippen LogP contribution in [0.2, 0.25) is 0 Å². The van der Waals surface area contributed by atoms with E-state index in [4.69, 9.17) is 14.2 Å². The first-order chi connectivity index (χ1) is 21.3. The van der Waals surface area contributed by atoms with E-state index in [1.807, 2.05) is 18.4 Å². The van der Waals surface area contributed by atoms with E-state index in [9.17, 15) is 14.4 Å². The van der Waals surface area contributed by atoms with Crippen LogP contribution in [0.3, 0.4) is 0 Å². The summed E-state index contributed by atoms with van der Waals surface area (Å²) in [6, 6.07) is 5.94. The van der Waals surface area contributed by atoms with Crippen molar-refractivity contribution in [2.45, 2.75) is 57.5 Å². The van der Waals surface area contributed by atoms with Gasteiger partial charge in [-0.15, -0.1) is 11.3 Å². The second kappa shape index (κ2) is 13.9. The molecule has 1 aromatic heterocycles. The van der Waals surface area contributed by atoms with Crippen LogP contribution in [-0.4, -0.2) is 56.2 Å². The van der Waals surface area contributed by atoms with Crippen molar-refractivity contribution < 1.29 is 23.8 Å². The number of carbonyl (C=O) groups is 2. The lowest BCUT2D eigenvalue weighted by molar-refractivity contribution is -0.120. The number of hydrogen-bond donors (Lipinski definition) is 3. The number of aromatic nitrogens is 1. The van der Waals surface area contributed by atoms with Crippen molar-refractivity contribution in [3.63, 3.8) is 0 Å². The summed E-state index contributed by atoms with van der Waals surface area (Å²) in [6.45, 7) is 1.46. The number of amides is 2. The van der Waals surface area contributed by atoms with E-state index in [1.165, 1.54) is 23.1 Å². The summed E-state index contributed by atoms with van der Waals surface area (Å²) in [5.41, 5.74) is 4.14. The van der Waals surface area contributed by atoms with E-state index < -0.39 is 12.1 Å². The van der Waals surface area contributed by atoms with Gasteiger partial charge in [-0.25, -0.2) is 4.98 Å². The van der Waals surface area contributed by atoms with Gasteiger partial charge in [0, 0.05) is 17.4 Å². The topological polar surface area (TPSA) is 128 Å². The van der Waals surface area contributed by atoms with Gasteiger partial charge in [0.25, 0.3) is 0 Å². The lowest BCUT2D eigenvalue weighted by atomic mass is 9.95. The molecule has 0 aliphatic heterocycles. The molecule has 0 bridgehead atoms. The zero-order valence-electron chi connectivity index (χ0n) is 25.6. The van der Waals surface area contributed by atoms with Crippen LogP contribution in [0.5, 0.6) is 17.2 Å². The number of nitrogens with one attached hydrogen (secondary N) is 3. The van der Waals surface area contributed by atoms with Crippen LogP contribution < -0.4 is 35.6 Å². The Hall–Kier alpha value is -3.77. The molecule has 0 radical (unpaired) electrons. The van der Waals surface area contributed by atoms with Crippen molar-refractivity contribution in [3.8, 4) is 28.4 Å². The van der Waals surface area contributed by atoms with Crippen molar-refractivity contribution in [1.29, 1.82) is 0 Å². The zero-order valence-corrected chi connectivity index (χ0v) is 27.3. The van der Waals surface area contributed by atoms with Gasteiger partial charge < -0.3 is 30.2 Å². The largest absolute Gasteiger partial charge is 0.493 e. The predicted molar refractivity (Wildman–Crippen MR) is 176 cm³/mol. The Balaban J connectivity index is 1.57. The molecule has 3 N–H and O–H groups in total. The molecule has 10 nitrogen and oxygen atoms in total. The number of thiazole rings is 1. The van der Waals surface area contributed by atoms with Crippen molar-refractivity contribution in [2.75, 3.05) is 44.0 Å². The summed E-state index contributed by atoms with van der Waals surface area (Å²) in [4.78, 5) is 45.4. The van der Waals surface area contributed by atoms with Gasteiger partial charge in [0.2, 0.25) is 23.0 Å². The van der Waals surface area contributed by atoms with E-state index in [0.29, 0.717) is 47.2 Å². The fourth-order valence-electron chi connectivity index (χ4n) is 5.96. The number of methoxy groups -OCH3 is 3. The van der Waals surface area contributed by atoms with Crippen molar-refractivity contribution >= 4 is 45.7 Å². The third-order valence-corrected chi connectivity index (χ3v) is 9.72. The molecule has 44 heavy (non-hydrogen) atoms. The maximum absolute atomic E-state index is 13.8. The molecule has 2 atom stereocenters. The van der Waals surface area contributed by atoms with Crippen LogP contribution in [0.4, 0.5) is 10.8 Å². The SMILES string of the molecule is COc1cc2c(c(OC)c1OC)-c1ccc(N[C@H](CCSC)C(=O)Nc3nc4c(s3)CCC4)c(=O)cc1[C@H](NC(C)=O)CC2. The normalized spacial score (nSPS) is 15.6. The van der Waals surface area contributed by atoms with Gasteiger partial charge in [-0.05, 0) is 85.4 Å². The molecule has 0 saturated carbocycles. The quantitative estimate of drug-likeness (QED) is 0.266. The van der Waals surface area contributed by atoms with Gasteiger partial charge in [-0.2, -0.15) is 11.8 Å². The minimum absolute atomic E-state index is 0.201. The Morgan fingerprint density at radius 2 is 1.89 bits per heavy atom. The summed E-state index contributed by atoms with van der Waals surface area (Å²) < 4.78 is 17.2. The molecule has 2 aromatic carbocycles. The van der Waals surface area contributed by atoms with Gasteiger partial charge >= 0.3 is 0 Å². The van der Waals surface area contributed by atoms with Gasteiger partial charge in [0.15, 0.2) is 16.6 Å². The second-order valence-electron chi connectivity index (χ2n) is 10.8. The predicted octanol–water partition coefficient (Wildman–Crippen LogP) is 4.98. The van der Waals surface area contributed by atoms with Crippen molar-refractivity contribution in [2.24, 2.45) is 0 Å². The summed E-state index contributed by atoms with van der Waals surface area (Å²) in [5, 5.41) is 9.83. The Morgan fingerprint density at radius 1 is 1.09 bits per heavy atom. The average molecular weight is 639 g/mol. The molecule has 3 aromatic rings. The third-order valence-electron chi connectivity index (χ3n) is 8.00. The monoisotopic (exact) mass is 638 g/mol. The number of anilines is 2. The number of aryl methyl sites for hydroxylation is 3. The number of hydrogen-bond acceptors (Lipinski definition) is 10. The summed E-state index contributed by atoms with van der Waals surface area (Å²) >= 11 is 3.15. The first kappa shape index (κ1) is 31.6. The molecule has 0 unspecified atom stereocenters. The highest BCUT2D eigenvalue weighted by molar-refractivity contribution is 7.98. The highest BCUT2D eigenvalue weighted by atomic mass is 32.2. The van der Waals surface area contributed by atoms with Gasteiger partial charge in [0.05, 0.1) is 38.8 Å². The highest BCUT2D eigenvalue weighted by Gasteiger charge is 2.30. The van der Waals surface area contributed by atoms with E-state index in [2.05, 4.69) is 20.9 Å². The number of thioether (sulfide) groups is 1. The fourth-order valence-corrected chi connectivity index (χ4v) is 7.48. The minimum atomic E-state index is -0.659. The van der Waals surface area contributed by atoms with E-state index >= 15 is 0 Å². The molecule has 12 heteroatoms. The zero-order chi connectivity index (χ0) is 31.4. The van der Waals surface area contributed by atoms with E-state index in [0.717, 1.165) is 47.4 Å². The second-order valence-corrected chi connectivity index (χ2v) is 12.9. The Labute approximate surface area is 265 Å². The molecule has 234 valence electrons. The van der Waals surface area contributed by atoms with Crippen LogP contribution in [0.1, 0.15) is 53.9 Å². The summed E-state index contributed by atoms with van der Waals surface area (Å²) in [7, 11) is 4.68. The molecule has 0 spiro atoms. The Kier molecular flexibility index (Phi) is 10.00. The van der Waals surface area contributed by atoms with Crippen molar-refractivity contribution in [3.05, 3.63) is 56.2 Å². The van der Waals surface area contributed by atoms with Crippen LogP contribution in [0, 0.1) is 0 Å². The standard InChI is InChI=1S/C32H38N4O6S2/c1-17(37)33-21-11-9-18-15-26(40-2)29(41-3)30(42-4)28(18)19-10-12-22(25(38)16-20(19)21)34-24(13-14-43-5)31(39)36-32-35-23-7-6-8-27(23)44-32/h10,12,15-16,21,24H,6-9,11,13-14H2,1-5H3,(H,33,37)(H,34,38)(H,35,36,39)/t21-,24-/m1/s1. The maximum atomic E-state index is 13.8. The first-order valence-electron chi connectivity index (χ1n) is 14.6. The molecule has 2 aliphatic rings. The number of ether oxygens (including phenoxy) is 3. The number of benzene rings is 1. The highest BCUT2D eigenvalue weighted by Crippen LogP contribution is 2.50. The molecular formula is C32H38N4O6S2. The first-order valence-corrected chi connectivity index (χ1v) is 16.8. The van der Waals surface area contributed by atoms with E-state index in [-0.39, 0.29) is 22.9 Å². The fraction of sp³-hybridized carbons (Fsp3) is 0.438. The molecule has 0 saturated heterocycles. The van der Waals surface area contributed by atoms with Crippen LogP contribution in [0.25, 0.3) is 11.1 Å². The lowest BCUT2D eigenvalue weighted by Crippen LogP contribution is -2.36. The number of fused-ring (bicyclic) bond motifs is 4. The molecular weight excluding hydrogens is 601 g/mol. The van der Waals surface area contributed by atoms with E-state index in [1.54, 1.807) is 45.2 Å². The average Bonchev–Trinajstić information content (AvgIpc) is 3.52. The number of rotatable bonds is 11. The molecule has 1 heterocycles. The molecule has 5 rings (SSSR count). The minimum Gasteiger partial charge on any atom is -0.493 e.